The largest absolute Gasteiger partial charge is 0.379 e. The Morgan fingerprint density at radius 2 is 1.75 bits per heavy atom. The lowest BCUT2D eigenvalue weighted by Gasteiger charge is -2.40. The van der Waals surface area contributed by atoms with Crippen LogP contribution in [0.25, 0.3) is 0 Å². The molecule has 1 aliphatic rings. The molecule has 0 unspecified atom stereocenters. The lowest BCUT2D eigenvalue weighted by atomic mass is 10.0. The smallest absolute Gasteiger partial charge is 0.240 e. The van der Waals surface area contributed by atoms with Crippen molar-refractivity contribution in [2.75, 3.05) is 39.4 Å². The van der Waals surface area contributed by atoms with Gasteiger partial charge in [-0.1, -0.05) is 12.1 Å². The molecule has 0 saturated carbocycles. The average Bonchev–Trinajstić information content (AvgIpc) is 2.67. The van der Waals surface area contributed by atoms with Gasteiger partial charge in [-0.05, 0) is 32.9 Å². The Morgan fingerprint density at radius 1 is 1.14 bits per heavy atom. The molecule has 1 aromatic rings. The highest BCUT2D eigenvalue weighted by Crippen LogP contribution is 2.15. The van der Waals surface area contributed by atoms with Crippen molar-refractivity contribution in [1.82, 2.24) is 14.9 Å². The van der Waals surface area contributed by atoms with Gasteiger partial charge in [0.2, 0.25) is 15.9 Å². The van der Waals surface area contributed by atoms with Gasteiger partial charge in [-0.15, -0.1) is 0 Å². The topological polar surface area (TPSA) is 105 Å². The summed E-state index contributed by atoms with van der Waals surface area (Å²) in [6.45, 7) is 9.04. The van der Waals surface area contributed by atoms with E-state index in [0.29, 0.717) is 25.3 Å². The van der Waals surface area contributed by atoms with Crippen LogP contribution in [0.5, 0.6) is 0 Å². The molecule has 28 heavy (non-hydrogen) atoms. The molecule has 1 aromatic carbocycles. The summed E-state index contributed by atoms with van der Waals surface area (Å²) in [7, 11) is -3.72. The summed E-state index contributed by atoms with van der Waals surface area (Å²) < 4.78 is 32.3. The quantitative estimate of drug-likeness (QED) is 0.582. The van der Waals surface area contributed by atoms with Crippen LogP contribution in [0.2, 0.25) is 0 Å². The molecule has 0 atom stereocenters. The molecule has 2 rings (SSSR count). The van der Waals surface area contributed by atoms with E-state index in [-0.39, 0.29) is 35.1 Å². The highest BCUT2D eigenvalue weighted by molar-refractivity contribution is 7.89. The molecule has 8 nitrogen and oxygen atoms in total. The Labute approximate surface area is 166 Å². The van der Waals surface area contributed by atoms with Crippen molar-refractivity contribution in [2.45, 2.75) is 37.6 Å². The number of hydrogen-bond donors (Lipinski definition) is 2. The van der Waals surface area contributed by atoms with Crippen LogP contribution >= 0.6 is 0 Å². The van der Waals surface area contributed by atoms with Crippen molar-refractivity contribution in [3.63, 3.8) is 0 Å². The third kappa shape index (κ3) is 6.37. The zero-order valence-corrected chi connectivity index (χ0v) is 17.5. The summed E-state index contributed by atoms with van der Waals surface area (Å²) in [4.78, 5) is 25.7. The fourth-order valence-corrected chi connectivity index (χ4v) is 3.97. The highest BCUT2D eigenvalue weighted by Gasteiger charge is 2.28. The number of amides is 1. The Morgan fingerprint density at radius 3 is 2.32 bits per heavy atom. The first-order valence-corrected chi connectivity index (χ1v) is 10.8. The minimum absolute atomic E-state index is 0.000604. The lowest BCUT2D eigenvalue weighted by molar-refractivity contribution is -0.121. The van der Waals surface area contributed by atoms with Crippen LogP contribution in [0, 0.1) is 0 Å². The van der Waals surface area contributed by atoms with Crippen molar-refractivity contribution in [1.29, 1.82) is 0 Å². The molecular weight excluding hydrogens is 382 g/mol. The highest BCUT2D eigenvalue weighted by atomic mass is 32.2. The van der Waals surface area contributed by atoms with Gasteiger partial charge in [0.05, 0.1) is 18.1 Å². The van der Waals surface area contributed by atoms with E-state index in [9.17, 15) is 18.0 Å². The second-order valence-electron chi connectivity index (χ2n) is 7.42. The van der Waals surface area contributed by atoms with E-state index in [1.165, 1.54) is 31.2 Å². The number of ether oxygens (including phenoxy) is 1. The Bertz CT molecular complexity index is 784. The summed E-state index contributed by atoms with van der Waals surface area (Å²) >= 11 is 0. The molecule has 156 valence electrons. The van der Waals surface area contributed by atoms with E-state index < -0.39 is 10.0 Å². The van der Waals surface area contributed by atoms with E-state index >= 15 is 0 Å². The van der Waals surface area contributed by atoms with Crippen molar-refractivity contribution in [3.05, 3.63) is 29.8 Å². The number of rotatable bonds is 9. The third-order valence-corrected chi connectivity index (χ3v) is 6.28. The number of hydrogen-bond acceptors (Lipinski definition) is 6. The Balaban J connectivity index is 1.78. The van der Waals surface area contributed by atoms with Crippen LogP contribution in [-0.2, 0) is 19.6 Å². The predicted octanol–water partition coefficient (Wildman–Crippen LogP) is 0.785. The molecule has 1 aliphatic heterocycles. The zero-order chi connectivity index (χ0) is 20.8. The van der Waals surface area contributed by atoms with Gasteiger partial charge in [-0.25, -0.2) is 13.1 Å². The normalized spacial score (nSPS) is 16.0. The molecule has 1 amide bonds. The number of Topliss-reactive ketones (excluding diaryl/α,β-unsaturated/α-hetero) is 1. The maximum Gasteiger partial charge on any atom is 0.240 e. The number of carbonyl (C=O) groups is 2. The van der Waals surface area contributed by atoms with Crippen LogP contribution in [0.3, 0.4) is 0 Å². The number of morpholine rings is 1. The standard InChI is InChI=1S/C19H29N3O5S/c1-15(23)16-4-6-17(7-5-16)28(25,26)21-9-8-18(24)20-14-19(2,3)22-10-12-27-13-11-22/h4-7,21H,8-14H2,1-3H3,(H,20,24). The summed E-state index contributed by atoms with van der Waals surface area (Å²) in [6.07, 6.45) is 0.0456. The number of benzene rings is 1. The van der Waals surface area contributed by atoms with Crippen LogP contribution in [0.15, 0.2) is 29.2 Å². The molecule has 2 N–H and O–H groups in total. The summed E-state index contributed by atoms with van der Waals surface area (Å²) in [5.74, 6) is -0.343. The van der Waals surface area contributed by atoms with E-state index in [1.807, 2.05) is 0 Å². The van der Waals surface area contributed by atoms with Gasteiger partial charge in [0, 0.05) is 43.7 Å². The monoisotopic (exact) mass is 411 g/mol. The van der Waals surface area contributed by atoms with E-state index in [0.717, 1.165) is 13.1 Å². The predicted molar refractivity (Wildman–Crippen MR) is 106 cm³/mol. The summed E-state index contributed by atoms with van der Waals surface area (Å²) in [5, 5.41) is 2.87. The second-order valence-corrected chi connectivity index (χ2v) is 9.18. The second kappa shape index (κ2) is 9.60. The number of nitrogens with zero attached hydrogens (tertiary/aromatic N) is 1. The average molecular weight is 412 g/mol. The molecule has 1 saturated heterocycles. The first kappa shape index (κ1) is 22.5. The summed E-state index contributed by atoms with van der Waals surface area (Å²) in [5.41, 5.74) is 0.249. The first-order valence-electron chi connectivity index (χ1n) is 9.32. The number of ketones is 1. The fraction of sp³-hybridized carbons (Fsp3) is 0.579. The van der Waals surface area contributed by atoms with Crippen molar-refractivity contribution in [3.8, 4) is 0 Å². The molecule has 0 aromatic heterocycles. The number of carbonyl (C=O) groups excluding carboxylic acids is 2. The Kier molecular flexibility index (Phi) is 7.70. The molecule has 0 aliphatic carbocycles. The van der Waals surface area contributed by atoms with Crippen molar-refractivity contribution in [2.24, 2.45) is 0 Å². The first-order chi connectivity index (χ1) is 13.1. The van der Waals surface area contributed by atoms with Crippen molar-refractivity contribution >= 4 is 21.7 Å². The fourth-order valence-electron chi connectivity index (χ4n) is 2.93. The van der Waals surface area contributed by atoms with Crippen LogP contribution in [-0.4, -0.2) is 69.9 Å². The molecule has 9 heteroatoms. The van der Waals surface area contributed by atoms with Gasteiger partial charge in [0.1, 0.15) is 0 Å². The number of nitrogens with one attached hydrogen (secondary N) is 2. The van der Waals surface area contributed by atoms with Crippen molar-refractivity contribution < 1.29 is 22.7 Å². The van der Waals surface area contributed by atoms with E-state index in [2.05, 4.69) is 28.8 Å². The third-order valence-electron chi connectivity index (χ3n) is 4.80. The molecular formula is C19H29N3O5S. The van der Waals surface area contributed by atoms with E-state index in [1.54, 1.807) is 0 Å². The maximum absolute atomic E-state index is 12.3. The van der Waals surface area contributed by atoms with Crippen LogP contribution < -0.4 is 10.0 Å². The summed E-state index contributed by atoms with van der Waals surface area (Å²) in [6, 6.07) is 5.70. The zero-order valence-electron chi connectivity index (χ0n) is 16.7. The van der Waals surface area contributed by atoms with Gasteiger partial charge < -0.3 is 10.1 Å². The number of sulfonamides is 1. The maximum atomic E-state index is 12.3. The minimum Gasteiger partial charge on any atom is -0.379 e. The molecule has 0 spiro atoms. The van der Waals surface area contributed by atoms with E-state index in [4.69, 9.17) is 4.74 Å². The molecule has 0 radical (unpaired) electrons. The van der Waals surface area contributed by atoms with Gasteiger partial charge in [0.15, 0.2) is 5.78 Å². The SMILES string of the molecule is CC(=O)c1ccc(S(=O)(=O)NCCC(=O)NCC(C)(C)N2CCOCC2)cc1. The molecule has 0 bridgehead atoms. The lowest BCUT2D eigenvalue weighted by Crippen LogP contribution is -2.55. The van der Waals surface area contributed by atoms with Crippen LogP contribution in [0.1, 0.15) is 37.6 Å². The van der Waals surface area contributed by atoms with Gasteiger partial charge in [-0.2, -0.15) is 0 Å². The van der Waals surface area contributed by atoms with Gasteiger partial charge in [0.25, 0.3) is 0 Å². The van der Waals surface area contributed by atoms with Gasteiger partial charge >= 0.3 is 0 Å². The minimum atomic E-state index is -3.72. The van der Waals surface area contributed by atoms with Gasteiger partial charge in [-0.3, -0.25) is 14.5 Å². The Hall–Kier alpha value is -1.81. The molecule has 1 fully saturated rings. The molecule has 1 heterocycles. The van der Waals surface area contributed by atoms with Crippen LogP contribution in [0.4, 0.5) is 0 Å².